The quantitative estimate of drug-likeness (QED) is 0.745. The van der Waals surface area contributed by atoms with Crippen molar-refractivity contribution in [2.75, 3.05) is 7.11 Å². The summed E-state index contributed by atoms with van der Waals surface area (Å²) >= 11 is 0. The van der Waals surface area contributed by atoms with Crippen molar-refractivity contribution in [3.8, 4) is 0 Å². The number of rotatable bonds is 3. The number of methoxy groups -OCH3 is 1. The summed E-state index contributed by atoms with van der Waals surface area (Å²) in [6.07, 6.45) is 5.75. The van der Waals surface area contributed by atoms with Crippen LogP contribution in [0, 0.1) is 11.3 Å². The summed E-state index contributed by atoms with van der Waals surface area (Å²) in [5.41, 5.74) is 8.30. The Morgan fingerprint density at radius 3 is 2.50 bits per heavy atom. The lowest BCUT2D eigenvalue weighted by molar-refractivity contribution is 0.0134. The van der Waals surface area contributed by atoms with Crippen LogP contribution in [0.3, 0.4) is 0 Å². The predicted molar refractivity (Wildman–Crippen MR) is 69.0 cm³/mol. The van der Waals surface area contributed by atoms with E-state index in [0.717, 1.165) is 25.0 Å². The molecule has 1 aliphatic carbocycles. The van der Waals surface area contributed by atoms with Gasteiger partial charge in [0.15, 0.2) is 0 Å². The average molecular weight is 223 g/mol. The molecule has 0 heterocycles. The Morgan fingerprint density at radius 1 is 1.44 bits per heavy atom. The molecule has 3 atom stereocenters. The van der Waals surface area contributed by atoms with Gasteiger partial charge in [0.05, 0.1) is 6.10 Å². The van der Waals surface area contributed by atoms with E-state index in [1.807, 2.05) is 6.92 Å². The van der Waals surface area contributed by atoms with Crippen LogP contribution >= 0.6 is 0 Å². The lowest BCUT2D eigenvalue weighted by Crippen LogP contribution is -2.38. The van der Waals surface area contributed by atoms with Crippen LogP contribution in [0.4, 0.5) is 0 Å². The molecular formula is C14H25NO. The third-order valence-corrected chi connectivity index (χ3v) is 4.34. The number of ether oxygens (including phenoxy) is 1. The van der Waals surface area contributed by atoms with Crippen molar-refractivity contribution in [3.05, 3.63) is 23.9 Å². The Hall–Kier alpha value is -0.760. The fourth-order valence-electron chi connectivity index (χ4n) is 2.87. The summed E-state index contributed by atoms with van der Waals surface area (Å²) in [5, 5.41) is 0. The topological polar surface area (TPSA) is 35.2 Å². The van der Waals surface area contributed by atoms with Crippen molar-refractivity contribution in [2.45, 2.75) is 46.1 Å². The fraction of sp³-hybridized carbons (Fsp3) is 0.714. The molecule has 1 fully saturated rings. The van der Waals surface area contributed by atoms with Crippen molar-refractivity contribution in [3.63, 3.8) is 0 Å². The Labute approximate surface area is 99.6 Å². The molecule has 3 unspecified atom stereocenters. The molecule has 2 N–H and O–H groups in total. The largest absolute Gasteiger partial charge is 0.402 e. The molecule has 1 rings (SSSR count). The number of allylic oxidation sites excluding steroid dienone is 3. The first-order valence-electron chi connectivity index (χ1n) is 6.04. The summed E-state index contributed by atoms with van der Waals surface area (Å²) in [7, 11) is 1.80. The van der Waals surface area contributed by atoms with Gasteiger partial charge >= 0.3 is 0 Å². The summed E-state index contributed by atoms with van der Waals surface area (Å²) in [6.45, 7) is 10.4. The van der Waals surface area contributed by atoms with E-state index in [2.05, 4.69) is 26.5 Å². The first-order chi connectivity index (χ1) is 7.45. The van der Waals surface area contributed by atoms with E-state index in [4.69, 9.17) is 10.5 Å². The molecule has 0 aromatic heterocycles. The minimum atomic E-state index is 0.111. The Kier molecular flexibility index (Phi) is 4.20. The zero-order valence-corrected chi connectivity index (χ0v) is 11.0. The van der Waals surface area contributed by atoms with Crippen LogP contribution in [0.2, 0.25) is 0 Å². The van der Waals surface area contributed by atoms with Gasteiger partial charge in [-0.3, -0.25) is 0 Å². The molecule has 1 saturated carbocycles. The maximum atomic E-state index is 5.96. The van der Waals surface area contributed by atoms with Gasteiger partial charge in [-0.1, -0.05) is 13.0 Å². The highest BCUT2D eigenvalue weighted by Gasteiger charge is 2.40. The number of nitrogens with two attached hydrogens (primary N) is 1. The second kappa shape index (κ2) is 5.05. The molecule has 0 amide bonds. The van der Waals surface area contributed by atoms with Gasteiger partial charge in [-0.2, -0.15) is 0 Å². The van der Waals surface area contributed by atoms with Crippen molar-refractivity contribution >= 4 is 0 Å². The standard InChI is InChI=1S/C14H25NO/c1-6-12-7-8-13(16-5)9-14(12,4)10(2)11(3)15/h6,12-13H,1,7-9,15H2,2-5H3/b11-10+. The molecule has 2 nitrogen and oxygen atoms in total. The average Bonchev–Trinajstić information content (AvgIpc) is 2.27. The first kappa shape index (κ1) is 13.3. The number of hydrogen-bond donors (Lipinski definition) is 1. The van der Waals surface area contributed by atoms with Gasteiger partial charge in [0.2, 0.25) is 0 Å². The fourth-order valence-corrected chi connectivity index (χ4v) is 2.87. The second-order valence-electron chi connectivity index (χ2n) is 5.21. The van der Waals surface area contributed by atoms with Crippen LogP contribution in [0.5, 0.6) is 0 Å². The van der Waals surface area contributed by atoms with Gasteiger partial charge in [0.25, 0.3) is 0 Å². The maximum Gasteiger partial charge on any atom is 0.0580 e. The SMILES string of the molecule is C=CC1CCC(OC)CC1(C)/C(C)=C(\C)N. The van der Waals surface area contributed by atoms with Gasteiger partial charge in [-0.15, -0.1) is 6.58 Å². The highest BCUT2D eigenvalue weighted by Crippen LogP contribution is 2.47. The van der Waals surface area contributed by atoms with Gasteiger partial charge in [-0.05, 0) is 50.0 Å². The highest BCUT2D eigenvalue weighted by atomic mass is 16.5. The van der Waals surface area contributed by atoms with E-state index in [1.54, 1.807) is 7.11 Å². The molecule has 1 aliphatic rings. The highest BCUT2D eigenvalue weighted by molar-refractivity contribution is 5.21. The zero-order valence-electron chi connectivity index (χ0n) is 11.0. The van der Waals surface area contributed by atoms with E-state index in [0.29, 0.717) is 12.0 Å². The van der Waals surface area contributed by atoms with E-state index in [-0.39, 0.29) is 5.41 Å². The molecular weight excluding hydrogens is 198 g/mol. The Bertz CT molecular complexity index is 291. The van der Waals surface area contributed by atoms with E-state index < -0.39 is 0 Å². The van der Waals surface area contributed by atoms with E-state index in [9.17, 15) is 0 Å². The lowest BCUT2D eigenvalue weighted by atomic mass is 9.62. The molecule has 0 spiro atoms. The van der Waals surface area contributed by atoms with Crippen molar-refractivity contribution in [1.82, 2.24) is 0 Å². The molecule has 0 aliphatic heterocycles. The van der Waals surface area contributed by atoms with Crippen LogP contribution in [-0.4, -0.2) is 13.2 Å². The summed E-state index contributed by atoms with van der Waals surface area (Å²) in [6, 6.07) is 0. The molecule has 0 aromatic carbocycles. The predicted octanol–water partition coefficient (Wildman–Crippen LogP) is 3.25. The molecule has 16 heavy (non-hydrogen) atoms. The van der Waals surface area contributed by atoms with Crippen LogP contribution in [0.25, 0.3) is 0 Å². The minimum Gasteiger partial charge on any atom is -0.402 e. The minimum absolute atomic E-state index is 0.111. The van der Waals surface area contributed by atoms with Gasteiger partial charge < -0.3 is 10.5 Å². The molecule has 92 valence electrons. The molecule has 0 radical (unpaired) electrons. The summed E-state index contributed by atoms with van der Waals surface area (Å²) in [4.78, 5) is 0. The normalized spacial score (nSPS) is 36.8. The molecule has 0 aromatic rings. The van der Waals surface area contributed by atoms with Gasteiger partial charge in [-0.25, -0.2) is 0 Å². The van der Waals surface area contributed by atoms with Crippen LogP contribution in [0.15, 0.2) is 23.9 Å². The Morgan fingerprint density at radius 2 is 2.06 bits per heavy atom. The number of hydrogen-bond acceptors (Lipinski definition) is 2. The summed E-state index contributed by atoms with van der Waals surface area (Å²) in [5.74, 6) is 0.511. The smallest absolute Gasteiger partial charge is 0.0580 e. The van der Waals surface area contributed by atoms with Crippen molar-refractivity contribution < 1.29 is 4.74 Å². The third-order valence-electron chi connectivity index (χ3n) is 4.34. The monoisotopic (exact) mass is 223 g/mol. The van der Waals surface area contributed by atoms with Gasteiger partial charge in [0.1, 0.15) is 0 Å². The molecule has 0 saturated heterocycles. The first-order valence-corrected chi connectivity index (χ1v) is 6.04. The zero-order chi connectivity index (χ0) is 12.3. The van der Waals surface area contributed by atoms with E-state index >= 15 is 0 Å². The van der Waals surface area contributed by atoms with Crippen molar-refractivity contribution in [1.29, 1.82) is 0 Å². The molecule has 0 bridgehead atoms. The van der Waals surface area contributed by atoms with Crippen LogP contribution in [-0.2, 0) is 4.74 Å². The van der Waals surface area contributed by atoms with E-state index in [1.165, 1.54) is 5.57 Å². The second-order valence-corrected chi connectivity index (χ2v) is 5.21. The lowest BCUT2D eigenvalue weighted by Gasteiger charge is -2.44. The van der Waals surface area contributed by atoms with Gasteiger partial charge in [0, 0.05) is 12.8 Å². The third kappa shape index (κ3) is 2.32. The van der Waals surface area contributed by atoms with Crippen LogP contribution < -0.4 is 5.73 Å². The summed E-state index contributed by atoms with van der Waals surface area (Å²) < 4.78 is 5.51. The maximum absolute atomic E-state index is 5.96. The van der Waals surface area contributed by atoms with Crippen LogP contribution in [0.1, 0.15) is 40.0 Å². The van der Waals surface area contributed by atoms with Crippen molar-refractivity contribution in [2.24, 2.45) is 17.1 Å². The Balaban J connectivity index is 3.02. The molecule has 2 heteroatoms.